The SMILES string of the molecule is CC=O.C[C@]12CCCCC1CCC1C2CC[C@]23CCCC[C@H]2CCC13.[HH]. The summed E-state index contributed by atoms with van der Waals surface area (Å²) in [6.45, 7) is 4.18. The van der Waals surface area contributed by atoms with Gasteiger partial charge in [0.05, 0.1) is 0 Å². The highest BCUT2D eigenvalue weighted by Crippen LogP contribution is 2.70. The van der Waals surface area contributed by atoms with E-state index in [1.807, 2.05) is 0 Å². The number of hydrogen-bond acceptors (Lipinski definition) is 1. The number of fused-ring (bicyclic) bond motifs is 4. The van der Waals surface area contributed by atoms with Crippen LogP contribution in [0.5, 0.6) is 0 Å². The zero-order valence-electron chi connectivity index (χ0n) is 16.8. The molecule has 5 aliphatic carbocycles. The van der Waals surface area contributed by atoms with Gasteiger partial charge in [0.2, 0.25) is 0 Å². The lowest BCUT2D eigenvalue weighted by Crippen LogP contribution is -2.53. The van der Waals surface area contributed by atoms with E-state index < -0.39 is 0 Å². The summed E-state index contributed by atoms with van der Waals surface area (Å²) in [5.74, 6) is 5.64. The molecule has 1 spiro atoms. The molecule has 0 heterocycles. The Kier molecular flexibility index (Phi) is 5.06. The molecule has 1 nitrogen and oxygen atoms in total. The molecule has 0 aromatic carbocycles. The number of aldehydes is 1. The first-order valence-electron chi connectivity index (χ1n) is 11.6. The number of rotatable bonds is 0. The molecule has 144 valence electrons. The lowest BCUT2D eigenvalue weighted by Gasteiger charge is -2.61. The van der Waals surface area contributed by atoms with E-state index in [1.165, 1.54) is 19.8 Å². The minimum atomic E-state index is 0. The molecule has 25 heavy (non-hydrogen) atoms. The predicted molar refractivity (Wildman–Crippen MR) is 106 cm³/mol. The normalized spacial score (nSPS) is 51.0. The standard InChI is InChI=1S/C22H36.C2H4O.H2/c1-21-13-4-2-6-16(21)8-10-18-19(21)12-15-22-14-5-3-7-17(22)9-11-20(18)22;1-2-3;/h16-20H,2-15H2,1H3;2H,1H3;1H/t16?,17-,18?,19?,20?,21-,22+;;/m0../s1. The molecule has 0 N–H and O–H groups in total. The average Bonchev–Trinajstić information content (AvgIpc) is 3.01. The highest BCUT2D eigenvalue weighted by molar-refractivity contribution is 5.44. The molecule has 5 fully saturated rings. The zero-order valence-corrected chi connectivity index (χ0v) is 16.8. The Hall–Kier alpha value is -0.330. The van der Waals surface area contributed by atoms with E-state index in [2.05, 4.69) is 6.92 Å². The molecule has 0 amide bonds. The third-order valence-corrected chi connectivity index (χ3v) is 9.92. The van der Waals surface area contributed by atoms with E-state index in [0.29, 0.717) is 0 Å². The Morgan fingerprint density at radius 3 is 2.24 bits per heavy atom. The van der Waals surface area contributed by atoms with Gasteiger partial charge in [0.1, 0.15) is 6.29 Å². The van der Waals surface area contributed by atoms with Crippen LogP contribution in [0, 0.1) is 40.4 Å². The van der Waals surface area contributed by atoms with Gasteiger partial charge in [-0.15, -0.1) is 0 Å². The summed E-state index contributed by atoms with van der Waals surface area (Å²) < 4.78 is 0. The summed E-state index contributed by atoms with van der Waals surface area (Å²) in [6, 6.07) is 0. The Morgan fingerprint density at radius 2 is 1.44 bits per heavy atom. The van der Waals surface area contributed by atoms with Crippen molar-refractivity contribution < 1.29 is 6.22 Å². The van der Waals surface area contributed by atoms with Crippen LogP contribution in [0.3, 0.4) is 0 Å². The van der Waals surface area contributed by atoms with Gasteiger partial charge in [-0.2, -0.15) is 0 Å². The summed E-state index contributed by atoms with van der Waals surface area (Å²) in [4.78, 5) is 8.81. The van der Waals surface area contributed by atoms with Crippen LogP contribution in [-0.2, 0) is 4.79 Å². The van der Waals surface area contributed by atoms with Crippen molar-refractivity contribution in [2.75, 3.05) is 0 Å². The van der Waals surface area contributed by atoms with Crippen molar-refractivity contribution in [3.63, 3.8) is 0 Å². The number of carbonyl (C=O) groups is 1. The molecule has 0 saturated heterocycles. The molecule has 5 rings (SSSR count). The maximum Gasteiger partial charge on any atom is 0.116 e. The molecule has 5 saturated carbocycles. The molecule has 0 aromatic rings. The first-order valence-corrected chi connectivity index (χ1v) is 11.6. The monoisotopic (exact) mass is 346 g/mol. The van der Waals surface area contributed by atoms with Crippen LogP contribution in [0.4, 0.5) is 0 Å². The van der Waals surface area contributed by atoms with Gasteiger partial charge in [-0.3, -0.25) is 0 Å². The van der Waals surface area contributed by atoms with Crippen molar-refractivity contribution in [2.24, 2.45) is 40.4 Å². The summed E-state index contributed by atoms with van der Waals surface area (Å²) in [6.07, 6.45) is 23.0. The first kappa shape index (κ1) is 18.1. The summed E-state index contributed by atoms with van der Waals surface area (Å²) in [7, 11) is 0. The van der Waals surface area contributed by atoms with Gasteiger partial charge in [-0.25, -0.2) is 0 Å². The van der Waals surface area contributed by atoms with Crippen LogP contribution in [0.1, 0.15) is 105 Å². The van der Waals surface area contributed by atoms with Gasteiger partial charge in [0, 0.05) is 1.43 Å². The lowest BCUT2D eigenvalue weighted by atomic mass is 9.43. The van der Waals surface area contributed by atoms with E-state index in [1.54, 1.807) is 77.0 Å². The highest BCUT2D eigenvalue weighted by Gasteiger charge is 2.61. The highest BCUT2D eigenvalue weighted by atomic mass is 16.1. The van der Waals surface area contributed by atoms with Crippen molar-refractivity contribution in [3.05, 3.63) is 0 Å². The topological polar surface area (TPSA) is 17.1 Å². The maximum atomic E-state index is 8.81. The fourth-order valence-electron chi connectivity index (χ4n) is 9.01. The van der Waals surface area contributed by atoms with E-state index in [0.717, 1.165) is 46.7 Å². The van der Waals surface area contributed by atoms with Crippen molar-refractivity contribution in [1.29, 1.82) is 0 Å². The number of hydrogen-bond donors (Lipinski definition) is 0. The van der Waals surface area contributed by atoms with E-state index in [9.17, 15) is 0 Å². The fourth-order valence-corrected chi connectivity index (χ4v) is 9.01. The Bertz CT molecular complexity index is 487. The molecule has 1 heteroatoms. The summed E-state index contributed by atoms with van der Waals surface area (Å²) in [5.41, 5.74) is 1.59. The Balaban J connectivity index is 0.000000461. The average molecular weight is 347 g/mol. The summed E-state index contributed by atoms with van der Waals surface area (Å²) >= 11 is 0. The van der Waals surface area contributed by atoms with Gasteiger partial charge in [-0.05, 0) is 112 Å². The van der Waals surface area contributed by atoms with Gasteiger partial charge < -0.3 is 4.79 Å². The third-order valence-electron chi connectivity index (χ3n) is 9.92. The molecule has 5 aliphatic rings. The van der Waals surface area contributed by atoms with Crippen molar-refractivity contribution >= 4 is 6.29 Å². The van der Waals surface area contributed by atoms with Crippen LogP contribution in [0.25, 0.3) is 0 Å². The van der Waals surface area contributed by atoms with Crippen molar-refractivity contribution in [1.82, 2.24) is 0 Å². The third kappa shape index (κ3) is 2.74. The Morgan fingerprint density at radius 1 is 0.760 bits per heavy atom. The molecule has 0 aliphatic heterocycles. The first-order chi connectivity index (χ1) is 12.2. The molecular weight excluding hydrogens is 304 g/mol. The molecule has 0 bridgehead atoms. The lowest BCUT2D eigenvalue weighted by molar-refractivity contribution is -0.123. The molecule has 7 atom stereocenters. The number of carbonyl (C=O) groups excluding carboxylic acids is 1. The van der Waals surface area contributed by atoms with E-state index in [4.69, 9.17) is 4.79 Å². The zero-order chi connectivity index (χ0) is 17.5. The van der Waals surface area contributed by atoms with Crippen molar-refractivity contribution in [3.8, 4) is 0 Å². The quantitative estimate of drug-likeness (QED) is 0.430. The second-order valence-electron chi connectivity index (χ2n) is 10.4. The summed E-state index contributed by atoms with van der Waals surface area (Å²) in [5, 5.41) is 0. The van der Waals surface area contributed by atoms with Gasteiger partial charge in [0.15, 0.2) is 0 Å². The second-order valence-corrected chi connectivity index (χ2v) is 10.4. The van der Waals surface area contributed by atoms with E-state index >= 15 is 0 Å². The smallest absolute Gasteiger partial charge is 0.116 e. The second kappa shape index (κ2) is 7.01. The Labute approximate surface area is 157 Å². The van der Waals surface area contributed by atoms with Crippen LogP contribution in [0.15, 0.2) is 0 Å². The van der Waals surface area contributed by atoms with Gasteiger partial charge in [0.25, 0.3) is 0 Å². The minimum Gasteiger partial charge on any atom is -0.304 e. The van der Waals surface area contributed by atoms with Gasteiger partial charge in [-0.1, -0.05) is 32.6 Å². The maximum absolute atomic E-state index is 8.81. The largest absolute Gasteiger partial charge is 0.304 e. The van der Waals surface area contributed by atoms with Crippen LogP contribution >= 0.6 is 0 Å². The molecule has 0 aromatic heterocycles. The molecule has 4 unspecified atom stereocenters. The van der Waals surface area contributed by atoms with Crippen LogP contribution in [0.2, 0.25) is 0 Å². The predicted octanol–water partition coefficient (Wildman–Crippen LogP) is 7.04. The minimum absolute atomic E-state index is 0. The van der Waals surface area contributed by atoms with Crippen LogP contribution < -0.4 is 0 Å². The van der Waals surface area contributed by atoms with E-state index in [-0.39, 0.29) is 1.43 Å². The van der Waals surface area contributed by atoms with Crippen molar-refractivity contribution in [2.45, 2.75) is 104 Å². The molecular formula is C24H42O. The fraction of sp³-hybridized carbons (Fsp3) is 0.958. The molecule has 0 radical (unpaired) electrons. The van der Waals surface area contributed by atoms with Gasteiger partial charge >= 0.3 is 0 Å². The van der Waals surface area contributed by atoms with Crippen LogP contribution in [-0.4, -0.2) is 6.29 Å².